The van der Waals surface area contributed by atoms with Crippen molar-refractivity contribution in [2.45, 2.75) is 32.5 Å². The lowest BCUT2D eigenvalue weighted by Gasteiger charge is -2.50. The smallest absolute Gasteiger partial charge is 0.0645 e. The fraction of sp³-hybridized carbons (Fsp3) is 0.647. The van der Waals surface area contributed by atoms with Gasteiger partial charge in [0.2, 0.25) is 0 Å². The number of likely N-dealkylation sites (tertiary alicyclic amines) is 2. The second-order valence-electron chi connectivity index (χ2n) is 6.74. The minimum Gasteiger partial charge on any atom is -0.392 e. The summed E-state index contributed by atoms with van der Waals surface area (Å²) in [6.45, 7) is 9.67. The molecule has 20 heavy (non-hydrogen) atoms. The molecule has 1 N–H and O–H groups in total. The molecule has 0 radical (unpaired) electrons. The Balaban J connectivity index is 1.65. The summed E-state index contributed by atoms with van der Waals surface area (Å²) >= 11 is 0. The number of aliphatic hydroxyl groups excluding tert-OH is 1. The van der Waals surface area contributed by atoms with Gasteiger partial charge in [-0.15, -0.1) is 0 Å². The van der Waals surface area contributed by atoms with E-state index in [1.807, 2.05) is 0 Å². The van der Waals surface area contributed by atoms with Crippen molar-refractivity contribution in [3.05, 3.63) is 35.9 Å². The van der Waals surface area contributed by atoms with Crippen LogP contribution in [0.3, 0.4) is 0 Å². The van der Waals surface area contributed by atoms with Crippen molar-refractivity contribution in [3.8, 4) is 0 Å². The maximum Gasteiger partial charge on any atom is 0.0645 e. The molecule has 1 aromatic rings. The molecule has 0 aliphatic carbocycles. The summed E-state index contributed by atoms with van der Waals surface area (Å²) in [6.07, 6.45) is -0.1000. The number of hydrogen-bond donors (Lipinski definition) is 1. The fourth-order valence-corrected chi connectivity index (χ4v) is 3.74. The van der Waals surface area contributed by atoms with Crippen LogP contribution in [0.4, 0.5) is 0 Å². The monoisotopic (exact) mass is 274 g/mol. The van der Waals surface area contributed by atoms with Crippen LogP contribution in [0.1, 0.15) is 19.4 Å². The largest absolute Gasteiger partial charge is 0.392 e. The summed E-state index contributed by atoms with van der Waals surface area (Å²) in [6, 6.07) is 11.3. The van der Waals surface area contributed by atoms with E-state index in [1.165, 1.54) is 5.56 Å². The van der Waals surface area contributed by atoms with Crippen molar-refractivity contribution >= 4 is 0 Å². The van der Waals surface area contributed by atoms with E-state index in [-0.39, 0.29) is 6.10 Å². The van der Waals surface area contributed by atoms with Crippen molar-refractivity contribution in [2.75, 3.05) is 26.2 Å². The first-order valence-electron chi connectivity index (χ1n) is 7.82. The van der Waals surface area contributed by atoms with Crippen LogP contribution in [0.15, 0.2) is 30.3 Å². The lowest BCUT2D eigenvalue weighted by atomic mass is 9.81. The molecule has 2 saturated heterocycles. The van der Waals surface area contributed by atoms with Gasteiger partial charge >= 0.3 is 0 Å². The van der Waals surface area contributed by atoms with E-state index in [1.54, 1.807) is 0 Å². The third kappa shape index (κ3) is 2.90. The van der Waals surface area contributed by atoms with Gasteiger partial charge in [0.15, 0.2) is 0 Å². The molecule has 0 spiro atoms. The molecule has 3 rings (SSSR count). The topological polar surface area (TPSA) is 26.7 Å². The van der Waals surface area contributed by atoms with E-state index in [0.29, 0.717) is 17.9 Å². The first-order chi connectivity index (χ1) is 9.63. The molecule has 2 aliphatic heterocycles. The van der Waals surface area contributed by atoms with Crippen LogP contribution in [0.25, 0.3) is 0 Å². The molecular weight excluding hydrogens is 248 g/mol. The van der Waals surface area contributed by atoms with Crippen LogP contribution >= 0.6 is 0 Å². The Morgan fingerprint density at radius 2 is 1.65 bits per heavy atom. The van der Waals surface area contributed by atoms with E-state index in [0.717, 1.165) is 32.7 Å². The lowest BCUT2D eigenvalue weighted by molar-refractivity contribution is -0.0864. The Morgan fingerprint density at radius 1 is 1.05 bits per heavy atom. The maximum atomic E-state index is 10.4. The van der Waals surface area contributed by atoms with Crippen LogP contribution in [0.5, 0.6) is 0 Å². The molecular formula is C17H26N2O. The van der Waals surface area contributed by atoms with Gasteiger partial charge in [-0.1, -0.05) is 30.3 Å². The Hall–Kier alpha value is -0.900. The van der Waals surface area contributed by atoms with Crippen molar-refractivity contribution in [2.24, 2.45) is 11.8 Å². The van der Waals surface area contributed by atoms with Gasteiger partial charge in [0.1, 0.15) is 0 Å². The average molecular weight is 274 g/mol. The highest BCUT2D eigenvalue weighted by Gasteiger charge is 2.41. The molecule has 3 nitrogen and oxygen atoms in total. The summed E-state index contributed by atoms with van der Waals surface area (Å²) in [5, 5.41) is 10.4. The molecule has 1 aromatic carbocycles. The third-order valence-electron chi connectivity index (χ3n) is 4.87. The minimum atomic E-state index is -0.1000. The molecule has 2 fully saturated rings. The predicted octanol–water partition coefficient (Wildman–Crippen LogP) is 1.82. The van der Waals surface area contributed by atoms with Crippen LogP contribution in [0.2, 0.25) is 0 Å². The van der Waals surface area contributed by atoms with Gasteiger partial charge in [0, 0.05) is 50.6 Å². The van der Waals surface area contributed by atoms with Crippen LogP contribution < -0.4 is 0 Å². The van der Waals surface area contributed by atoms with Crippen molar-refractivity contribution in [3.63, 3.8) is 0 Å². The molecule has 0 amide bonds. The van der Waals surface area contributed by atoms with E-state index in [4.69, 9.17) is 0 Å². The van der Waals surface area contributed by atoms with E-state index >= 15 is 0 Å². The predicted molar refractivity (Wildman–Crippen MR) is 81.4 cm³/mol. The normalized spacial score (nSPS) is 31.7. The number of rotatable bonds is 3. The van der Waals surface area contributed by atoms with Crippen molar-refractivity contribution in [1.82, 2.24) is 9.80 Å². The van der Waals surface area contributed by atoms with Crippen LogP contribution in [-0.4, -0.2) is 53.2 Å². The Morgan fingerprint density at radius 3 is 2.20 bits per heavy atom. The average Bonchev–Trinajstić information content (AvgIpc) is 2.40. The molecule has 2 aliphatic rings. The number of piperidine rings is 2. The quantitative estimate of drug-likeness (QED) is 0.911. The number of nitrogens with zero attached hydrogens (tertiary/aromatic N) is 2. The molecule has 110 valence electrons. The highest BCUT2D eigenvalue weighted by molar-refractivity contribution is 5.14. The zero-order chi connectivity index (χ0) is 14.1. The minimum absolute atomic E-state index is 0.1000. The van der Waals surface area contributed by atoms with Gasteiger partial charge in [-0.3, -0.25) is 4.90 Å². The number of aliphatic hydroxyl groups is 1. The second kappa shape index (κ2) is 5.84. The summed E-state index contributed by atoms with van der Waals surface area (Å²) in [5.41, 5.74) is 1.38. The van der Waals surface area contributed by atoms with E-state index < -0.39 is 0 Å². The molecule has 2 heterocycles. The zero-order valence-corrected chi connectivity index (χ0v) is 12.6. The van der Waals surface area contributed by atoms with E-state index in [2.05, 4.69) is 54.0 Å². The second-order valence-corrected chi connectivity index (χ2v) is 6.74. The summed E-state index contributed by atoms with van der Waals surface area (Å²) in [4.78, 5) is 5.05. The molecule has 2 bridgehead atoms. The zero-order valence-electron chi connectivity index (χ0n) is 12.6. The molecule has 2 unspecified atom stereocenters. The van der Waals surface area contributed by atoms with Gasteiger partial charge in [-0.2, -0.15) is 0 Å². The summed E-state index contributed by atoms with van der Waals surface area (Å²) in [7, 11) is 0. The lowest BCUT2D eigenvalue weighted by Crippen LogP contribution is -2.60. The third-order valence-corrected chi connectivity index (χ3v) is 4.87. The van der Waals surface area contributed by atoms with Crippen molar-refractivity contribution < 1.29 is 5.11 Å². The highest BCUT2D eigenvalue weighted by atomic mass is 16.3. The fourth-order valence-electron chi connectivity index (χ4n) is 3.74. The molecule has 2 atom stereocenters. The van der Waals surface area contributed by atoms with Gasteiger partial charge in [0.25, 0.3) is 0 Å². The maximum absolute atomic E-state index is 10.4. The van der Waals surface area contributed by atoms with Crippen LogP contribution in [0, 0.1) is 11.8 Å². The molecule has 0 saturated carbocycles. The standard InChI is InChI=1S/C17H26N2O/c1-13(2)19-11-15-9-18(10-16(12-19)17(15)20)8-14-6-4-3-5-7-14/h3-7,13,15-17,20H,8-12H2,1-2H3. The van der Waals surface area contributed by atoms with Gasteiger partial charge in [0.05, 0.1) is 6.10 Å². The number of hydrogen-bond acceptors (Lipinski definition) is 3. The molecule has 3 heteroatoms. The highest BCUT2D eigenvalue weighted by Crippen LogP contribution is 2.30. The SMILES string of the molecule is CC(C)N1CC2CN(Cc3ccccc3)CC(C1)C2O. The van der Waals surface area contributed by atoms with Gasteiger partial charge < -0.3 is 10.0 Å². The van der Waals surface area contributed by atoms with Crippen molar-refractivity contribution in [1.29, 1.82) is 0 Å². The van der Waals surface area contributed by atoms with Gasteiger partial charge in [-0.05, 0) is 19.4 Å². The van der Waals surface area contributed by atoms with E-state index in [9.17, 15) is 5.11 Å². The Kier molecular flexibility index (Phi) is 4.11. The summed E-state index contributed by atoms with van der Waals surface area (Å²) < 4.78 is 0. The van der Waals surface area contributed by atoms with Crippen LogP contribution in [-0.2, 0) is 6.54 Å². The first kappa shape index (κ1) is 14.1. The number of benzene rings is 1. The molecule has 0 aromatic heterocycles. The Bertz CT molecular complexity index is 418. The van der Waals surface area contributed by atoms with Gasteiger partial charge in [-0.25, -0.2) is 0 Å². The first-order valence-corrected chi connectivity index (χ1v) is 7.82. The summed E-state index contributed by atoms with van der Waals surface area (Å²) in [5.74, 6) is 0.822. The Labute approximate surface area is 122 Å². The number of fused-ring (bicyclic) bond motifs is 2.